The lowest BCUT2D eigenvalue weighted by Crippen LogP contribution is -2.09. The molecule has 0 saturated carbocycles. The van der Waals surface area contributed by atoms with Crippen molar-refractivity contribution in [1.29, 1.82) is 0 Å². The van der Waals surface area contributed by atoms with Gasteiger partial charge >= 0.3 is 5.97 Å². The highest BCUT2D eigenvalue weighted by atomic mass is 35.5. The van der Waals surface area contributed by atoms with Crippen LogP contribution in [0.1, 0.15) is 5.69 Å². The molecule has 0 atom stereocenters. The van der Waals surface area contributed by atoms with Gasteiger partial charge in [0.15, 0.2) is 0 Å². The maximum absolute atomic E-state index is 11.4. The van der Waals surface area contributed by atoms with Crippen molar-refractivity contribution in [2.45, 2.75) is 13.5 Å². The first kappa shape index (κ1) is 17.2. The number of aliphatic carboxylic acids is 1. The van der Waals surface area contributed by atoms with Gasteiger partial charge in [0.25, 0.3) is 0 Å². The van der Waals surface area contributed by atoms with E-state index in [9.17, 15) is 9.90 Å². The number of carboxylic acid groups (broad SMARTS) is 1. The number of carbonyl (C=O) groups is 1. The second kappa shape index (κ2) is 6.85. The molecule has 0 spiro atoms. The minimum Gasteiger partial charge on any atom is -0.480 e. The van der Waals surface area contributed by atoms with Crippen LogP contribution >= 0.6 is 11.6 Å². The highest BCUT2D eigenvalue weighted by Gasteiger charge is 2.20. The minimum atomic E-state index is -0.887. The van der Waals surface area contributed by atoms with Crippen LogP contribution in [0.4, 0.5) is 0 Å². The highest BCUT2D eigenvalue weighted by Crippen LogP contribution is 2.40. The van der Waals surface area contributed by atoms with Crippen LogP contribution in [0.25, 0.3) is 33.3 Å². The van der Waals surface area contributed by atoms with E-state index in [1.54, 1.807) is 18.6 Å². The number of hydrogen-bond donors (Lipinski definition) is 1. The topological polar surface area (TPSA) is 68.0 Å². The van der Waals surface area contributed by atoms with E-state index >= 15 is 0 Å². The number of fused-ring (bicyclic) bond motifs is 1. The normalized spacial score (nSPS) is 11.0. The molecule has 134 valence electrons. The van der Waals surface area contributed by atoms with Crippen molar-refractivity contribution in [3.63, 3.8) is 0 Å². The zero-order chi connectivity index (χ0) is 19.0. The lowest BCUT2D eigenvalue weighted by molar-refractivity contribution is -0.137. The third kappa shape index (κ3) is 3.06. The first-order valence-corrected chi connectivity index (χ1v) is 8.80. The van der Waals surface area contributed by atoms with E-state index in [1.807, 2.05) is 54.0 Å². The predicted octanol–water partition coefficient (Wildman–Crippen LogP) is 4.81. The van der Waals surface area contributed by atoms with Crippen molar-refractivity contribution in [2.24, 2.45) is 0 Å². The molecule has 0 unspecified atom stereocenters. The van der Waals surface area contributed by atoms with Crippen molar-refractivity contribution < 1.29 is 9.90 Å². The van der Waals surface area contributed by atoms with Crippen LogP contribution in [0.15, 0.2) is 61.1 Å². The molecule has 2 heterocycles. The monoisotopic (exact) mass is 377 g/mol. The van der Waals surface area contributed by atoms with Gasteiger partial charge < -0.3 is 9.67 Å². The lowest BCUT2D eigenvalue weighted by Gasteiger charge is -2.07. The number of nitrogens with zero attached hydrogens (tertiary/aromatic N) is 3. The molecule has 27 heavy (non-hydrogen) atoms. The van der Waals surface area contributed by atoms with E-state index in [0.717, 1.165) is 39.0 Å². The summed E-state index contributed by atoms with van der Waals surface area (Å²) in [5, 5.41) is 11.0. The van der Waals surface area contributed by atoms with Crippen molar-refractivity contribution >= 4 is 28.5 Å². The van der Waals surface area contributed by atoms with Crippen LogP contribution < -0.4 is 0 Å². The van der Waals surface area contributed by atoms with Gasteiger partial charge in [-0.25, -0.2) is 0 Å². The Morgan fingerprint density at radius 1 is 1.15 bits per heavy atom. The Bertz CT molecular complexity index is 1140. The molecule has 0 amide bonds. The Morgan fingerprint density at radius 2 is 1.93 bits per heavy atom. The van der Waals surface area contributed by atoms with Gasteiger partial charge in [0, 0.05) is 39.6 Å². The Balaban J connectivity index is 2.10. The molecule has 2 aromatic heterocycles. The molecule has 6 heteroatoms. The highest BCUT2D eigenvalue weighted by molar-refractivity contribution is 6.30. The third-order valence-electron chi connectivity index (χ3n) is 4.62. The maximum atomic E-state index is 11.4. The fourth-order valence-corrected chi connectivity index (χ4v) is 3.61. The molecule has 4 rings (SSSR count). The Kier molecular flexibility index (Phi) is 4.38. The van der Waals surface area contributed by atoms with Crippen LogP contribution in [0, 0.1) is 6.92 Å². The first-order chi connectivity index (χ1) is 13.1. The van der Waals surface area contributed by atoms with Crippen molar-refractivity contribution in [3.8, 4) is 22.4 Å². The molecular formula is C21H16ClN3O2. The molecule has 0 aliphatic rings. The largest absolute Gasteiger partial charge is 0.480 e. The van der Waals surface area contributed by atoms with E-state index in [2.05, 4.69) is 9.97 Å². The lowest BCUT2D eigenvalue weighted by atomic mass is 9.97. The number of carboxylic acids is 1. The van der Waals surface area contributed by atoms with Crippen molar-refractivity contribution in [2.75, 3.05) is 0 Å². The molecule has 0 aliphatic heterocycles. The van der Waals surface area contributed by atoms with E-state index in [-0.39, 0.29) is 6.54 Å². The number of hydrogen-bond acceptors (Lipinski definition) is 3. The smallest absolute Gasteiger partial charge is 0.323 e. The molecule has 1 N–H and O–H groups in total. The fraction of sp³-hybridized carbons (Fsp3) is 0.0952. The Morgan fingerprint density at radius 3 is 2.59 bits per heavy atom. The van der Waals surface area contributed by atoms with E-state index in [1.165, 1.54) is 0 Å². The quantitative estimate of drug-likeness (QED) is 0.554. The molecule has 5 nitrogen and oxygen atoms in total. The van der Waals surface area contributed by atoms with E-state index in [4.69, 9.17) is 11.6 Å². The van der Waals surface area contributed by atoms with Gasteiger partial charge in [0.2, 0.25) is 0 Å². The summed E-state index contributed by atoms with van der Waals surface area (Å²) in [6.07, 6.45) is 4.99. The number of aromatic nitrogens is 3. The summed E-state index contributed by atoms with van der Waals surface area (Å²) < 4.78 is 1.82. The molecule has 0 fully saturated rings. The van der Waals surface area contributed by atoms with Gasteiger partial charge in [-0.1, -0.05) is 35.9 Å². The van der Waals surface area contributed by atoms with Gasteiger partial charge in [0.1, 0.15) is 6.54 Å². The summed E-state index contributed by atoms with van der Waals surface area (Å²) in [7, 11) is 0. The summed E-state index contributed by atoms with van der Waals surface area (Å²) in [6.45, 7) is 1.83. The summed E-state index contributed by atoms with van der Waals surface area (Å²) >= 11 is 6.06. The van der Waals surface area contributed by atoms with Gasteiger partial charge in [-0.15, -0.1) is 0 Å². The molecule has 0 saturated heterocycles. The molecule has 2 aromatic carbocycles. The molecule has 4 aromatic rings. The average Bonchev–Trinajstić information content (AvgIpc) is 2.95. The molecule has 0 radical (unpaired) electrons. The summed E-state index contributed by atoms with van der Waals surface area (Å²) in [6, 6.07) is 13.4. The predicted molar refractivity (Wildman–Crippen MR) is 106 cm³/mol. The maximum Gasteiger partial charge on any atom is 0.323 e. The van der Waals surface area contributed by atoms with Crippen molar-refractivity contribution in [3.05, 3.63) is 71.8 Å². The van der Waals surface area contributed by atoms with Crippen LogP contribution in [0.2, 0.25) is 5.02 Å². The first-order valence-electron chi connectivity index (χ1n) is 8.42. The minimum absolute atomic E-state index is 0.111. The Hall–Kier alpha value is -3.18. The number of benzene rings is 2. The zero-order valence-corrected chi connectivity index (χ0v) is 15.3. The van der Waals surface area contributed by atoms with Gasteiger partial charge in [-0.05, 0) is 30.7 Å². The fourth-order valence-electron chi connectivity index (χ4n) is 3.48. The third-order valence-corrected chi connectivity index (χ3v) is 4.87. The van der Waals surface area contributed by atoms with Crippen LogP contribution in [-0.4, -0.2) is 25.6 Å². The van der Waals surface area contributed by atoms with Gasteiger partial charge in [-0.2, -0.15) is 0 Å². The van der Waals surface area contributed by atoms with Crippen LogP contribution in [0.3, 0.4) is 0 Å². The zero-order valence-electron chi connectivity index (χ0n) is 14.6. The van der Waals surface area contributed by atoms with Crippen LogP contribution in [0.5, 0.6) is 0 Å². The molecule has 0 bridgehead atoms. The summed E-state index contributed by atoms with van der Waals surface area (Å²) in [5.41, 5.74) is 5.34. The van der Waals surface area contributed by atoms with Crippen LogP contribution in [-0.2, 0) is 11.3 Å². The number of halogens is 1. The summed E-state index contributed by atoms with van der Waals surface area (Å²) in [5.74, 6) is -0.887. The molecular weight excluding hydrogens is 362 g/mol. The SMILES string of the molecule is Cc1c(-c2ccc(Cl)cc2)c2c(-c3cnccn3)cccc2n1CC(=O)O. The summed E-state index contributed by atoms with van der Waals surface area (Å²) in [4.78, 5) is 20.1. The number of rotatable bonds is 4. The second-order valence-corrected chi connectivity index (χ2v) is 6.67. The average molecular weight is 378 g/mol. The van der Waals surface area contributed by atoms with Gasteiger partial charge in [-0.3, -0.25) is 14.8 Å². The molecule has 0 aliphatic carbocycles. The second-order valence-electron chi connectivity index (χ2n) is 6.24. The van der Waals surface area contributed by atoms with Crippen molar-refractivity contribution in [1.82, 2.24) is 14.5 Å². The van der Waals surface area contributed by atoms with E-state index < -0.39 is 5.97 Å². The van der Waals surface area contributed by atoms with Gasteiger partial charge in [0.05, 0.1) is 17.4 Å². The Labute approximate surface area is 160 Å². The van der Waals surface area contributed by atoms with E-state index in [0.29, 0.717) is 5.02 Å². The standard InChI is InChI=1S/C21H16ClN3O2/c1-13-20(14-5-7-15(22)8-6-14)21-16(17-11-23-9-10-24-17)3-2-4-18(21)25(13)12-19(26)27/h2-11H,12H2,1H3,(H,26,27).